The fraction of sp³-hybridized carbons (Fsp3) is 0.538. The molecule has 2 atom stereocenters. The number of hydrogen-bond acceptors (Lipinski definition) is 4. The van der Waals surface area contributed by atoms with Crippen molar-refractivity contribution < 1.29 is 14.9 Å². The number of phenols is 1. The predicted molar refractivity (Wildman–Crippen MR) is 65.2 cm³/mol. The quantitative estimate of drug-likeness (QED) is 0.741. The number of benzene rings is 1. The van der Waals surface area contributed by atoms with Crippen LogP contribution in [0.4, 0.5) is 0 Å². The van der Waals surface area contributed by atoms with Crippen LogP contribution >= 0.6 is 0 Å². The molecule has 4 nitrogen and oxygen atoms in total. The lowest BCUT2D eigenvalue weighted by molar-refractivity contribution is 0.118. The van der Waals surface area contributed by atoms with E-state index in [1.54, 1.807) is 12.1 Å². The Bertz CT molecular complexity index is 392. The van der Waals surface area contributed by atoms with Crippen molar-refractivity contribution in [1.29, 1.82) is 0 Å². The molecule has 1 aromatic carbocycles. The first-order valence-electron chi connectivity index (χ1n) is 5.95. The monoisotopic (exact) mass is 237 g/mol. The molecule has 0 aliphatic carbocycles. The third-order valence-corrected chi connectivity index (χ3v) is 3.12. The molecule has 0 amide bonds. The Labute approximate surface area is 101 Å². The lowest BCUT2D eigenvalue weighted by Crippen LogP contribution is -2.33. The van der Waals surface area contributed by atoms with Crippen molar-refractivity contribution >= 4 is 0 Å². The molecule has 2 rings (SSSR count). The van der Waals surface area contributed by atoms with Gasteiger partial charge in [0.2, 0.25) is 0 Å². The van der Waals surface area contributed by atoms with Crippen LogP contribution in [0.3, 0.4) is 0 Å². The average Bonchev–Trinajstić information content (AvgIpc) is 2.67. The number of aliphatic hydroxyl groups is 1. The Hall–Kier alpha value is -1.26. The second kappa shape index (κ2) is 4.94. The van der Waals surface area contributed by atoms with Gasteiger partial charge in [0.05, 0.1) is 12.1 Å². The van der Waals surface area contributed by atoms with Crippen molar-refractivity contribution in [2.45, 2.75) is 26.0 Å². The van der Waals surface area contributed by atoms with Crippen LogP contribution in [0.15, 0.2) is 18.2 Å². The molecule has 4 heteroatoms. The van der Waals surface area contributed by atoms with Gasteiger partial charge in [0.1, 0.15) is 18.1 Å². The number of rotatable bonds is 4. The molecule has 0 fully saturated rings. The molecule has 3 N–H and O–H groups in total. The SMILES string of the molecule is CC(C)C(O)CNC1COc2cc(O)ccc21. The minimum absolute atomic E-state index is 0.0963. The maximum absolute atomic E-state index is 9.74. The molecule has 17 heavy (non-hydrogen) atoms. The maximum Gasteiger partial charge on any atom is 0.127 e. The summed E-state index contributed by atoms with van der Waals surface area (Å²) in [6.45, 7) is 5.07. The first kappa shape index (κ1) is 12.2. The molecule has 0 bridgehead atoms. The summed E-state index contributed by atoms with van der Waals surface area (Å²) in [5.74, 6) is 1.18. The molecule has 0 radical (unpaired) electrons. The third-order valence-electron chi connectivity index (χ3n) is 3.12. The van der Waals surface area contributed by atoms with Crippen LogP contribution in [0.1, 0.15) is 25.5 Å². The van der Waals surface area contributed by atoms with Crippen molar-refractivity contribution in [2.75, 3.05) is 13.2 Å². The smallest absolute Gasteiger partial charge is 0.127 e. The van der Waals surface area contributed by atoms with E-state index in [9.17, 15) is 10.2 Å². The number of nitrogens with one attached hydrogen (secondary N) is 1. The Balaban J connectivity index is 1.98. The lowest BCUT2D eigenvalue weighted by Gasteiger charge is -2.18. The molecule has 1 aliphatic rings. The minimum atomic E-state index is -0.351. The molecule has 94 valence electrons. The molecule has 0 saturated carbocycles. The van der Waals surface area contributed by atoms with Crippen molar-refractivity contribution in [3.63, 3.8) is 0 Å². The summed E-state index contributed by atoms with van der Waals surface area (Å²) in [5.41, 5.74) is 1.04. The summed E-state index contributed by atoms with van der Waals surface area (Å²) >= 11 is 0. The van der Waals surface area contributed by atoms with Crippen LogP contribution in [-0.4, -0.2) is 29.5 Å². The summed E-state index contributed by atoms with van der Waals surface area (Å²) in [6, 6.07) is 5.23. The highest BCUT2D eigenvalue weighted by Crippen LogP contribution is 2.34. The number of ether oxygens (including phenoxy) is 1. The van der Waals surface area contributed by atoms with E-state index < -0.39 is 0 Å². The van der Waals surface area contributed by atoms with Gasteiger partial charge in [-0.05, 0) is 18.1 Å². The van der Waals surface area contributed by atoms with Gasteiger partial charge in [-0.15, -0.1) is 0 Å². The Kier molecular flexibility index (Phi) is 3.54. The zero-order chi connectivity index (χ0) is 12.4. The number of fused-ring (bicyclic) bond motifs is 1. The van der Waals surface area contributed by atoms with Gasteiger partial charge in [-0.3, -0.25) is 0 Å². The molecular weight excluding hydrogens is 218 g/mol. The van der Waals surface area contributed by atoms with Gasteiger partial charge in [0, 0.05) is 18.2 Å². The normalized spacial score (nSPS) is 20.1. The molecule has 0 saturated heterocycles. The highest BCUT2D eigenvalue weighted by molar-refractivity contribution is 5.44. The van der Waals surface area contributed by atoms with E-state index in [4.69, 9.17) is 4.74 Å². The van der Waals surface area contributed by atoms with Crippen LogP contribution in [0.5, 0.6) is 11.5 Å². The van der Waals surface area contributed by atoms with Gasteiger partial charge in [0.15, 0.2) is 0 Å². The summed E-state index contributed by atoms with van der Waals surface area (Å²) in [5, 5.41) is 22.4. The van der Waals surface area contributed by atoms with Crippen molar-refractivity contribution in [2.24, 2.45) is 5.92 Å². The summed E-state index contributed by atoms with van der Waals surface area (Å²) in [6.07, 6.45) is -0.351. The van der Waals surface area contributed by atoms with Crippen LogP contribution < -0.4 is 10.1 Å². The first-order valence-corrected chi connectivity index (χ1v) is 5.95. The van der Waals surface area contributed by atoms with Crippen LogP contribution in [-0.2, 0) is 0 Å². The Morgan fingerprint density at radius 2 is 2.24 bits per heavy atom. The van der Waals surface area contributed by atoms with Crippen LogP contribution in [0, 0.1) is 5.92 Å². The molecule has 1 aromatic rings. The standard InChI is InChI=1S/C13H19NO3/c1-8(2)12(16)6-14-11-7-17-13-5-9(15)3-4-10(11)13/h3-5,8,11-12,14-16H,6-7H2,1-2H3. The van der Waals surface area contributed by atoms with E-state index in [0.717, 1.165) is 11.3 Å². The first-order chi connectivity index (χ1) is 8.08. The molecule has 1 heterocycles. The zero-order valence-corrected chi connectivity index (χ0v) is 10.2. The lowest BCUT2D eigenvalue weighted by atomic mass is 10.1. The van der Waals surface area contributed by atoms with Crippen LogP contribution in [0.25, 0.3) is 0 Å². The Morgan fingerprint density at radius 1 is 1.47 bits per heavy atom. The van der Waals surface area contributed by atoms with Gasteiger partial charge in [-0.1, -0.05) is 13.8 Å². The highest BCUT2D eigenvalue weighted by Gasteiger charge is 2.24. The van der Waals surface area contributed by atoms with Gasteiger partial charge < -0.3 is 20.3 Å². The van der Waals surface area contributed by atoms with Gasteiger partial charge in [-0.2, -0.15) is 0 Å². The van der Waals surface area contributed by atoms with Gasteiger partial charge in [0.25, 0.3) is 0 Å². The maximum atomic E-state index is 9.74. The zero-order valence-electron chi connectivity index (χ0n) is 10.2. The number of aliphatic hydroxyl groups excluding tert-OH is 1. The van der Waals surface area contributed by atoms with Crippen molar-refractivity contribution in [1.82, 2.24) is 5.32 Å². The second-order valence-electron chi connectivity index (χ2n) is 4.81. The van der Waals surface area contributed by atoms with E-state index in [0.29, 0.717) is 13.2 Å². The van der Waals surface area contributed by atoms with Crippen molar-refractivity contribution in [3.05, 3.63) is 23.8 Å². The van der Waals surface area contributed by atoms with Gasteiger partial charge >= 0.3 is 0 Å². The highest BCUT2D eigenvalue weighted by atomic mass is 16.5. The van der Waals surface area contributed by atoms with E-state index in [1.807, 2.05) is 19.9 Å². The average molecular weight is 237 g/mol. The van der Waals surface area contributed by atoms with E-state index in [-0.39, 0.29) is 23.8 Å². The number of phenolic OH excluding ortho intramolecular Hbond substituents is 1. The summed E-state index contributed by atoms with van der Waals surface area (Å²) in [7, 11) is 0. The number of aromatic hydroxyl groups is 1. The number of hydrogen-bond donors (Lipinski definition) is 3. The largest absolute Gasteiger partial charge is 0.508 e. The fourth-order valence-corrected chi connectivity index (χ4v) is 1.87. The molecule has 0 aromatic heterocycles. The van der Waals surface area contributed by atoms with Crippen molar-refractivity contribution in [3.8, 4) is 11.5 Å². The molecular formula is C13H19NO3. The summed E-state index contributed by atoms with van der Waals surface area (Å²) < 4.78 is 5.48. The fourth-order valence-electron chi connectivity index (χ4n) is 1.87. The predicted octanol–water partition coefficient (Wildman–Crippen LogP) is 1.43. The van der Waals surface area contributed by atoms with Gasteiger partial charge in [-0.25, -0.2) is 0 Å². The van der Waals surface area contributed by atoms with E-state index in [1.165, 1.54) is 0 Å². The minimum Gasteiger partial charge on any atom is -0.508 e. The molecule has 1 aliphatic heterocycles. The third kappa shape index (κ3) is 2.70. The Morgan fingerprint density at radius 3 is 2.94 bits per heavy atom. The van der Waals surface area contributed by atoms with Crippen LogP contribution in [0.2, 0.25) is 0 Å². The van der Waals surface area contributed by atoms with E-state index >= 15 is 0 Å². The second-order valence-corrected chi connectivity index (χ2v) is 4.81. The topological polar surface area (TPSA) is 61.7 Å². The van der Waals surface area contributed by atoms with E-state index in [2.05, 4.69) is 5.32 Å². The molecule has 2 unspecified atom stereocenters. The molecule has 0 spiro atoms. The summed E-state index contributed by atoms with van der Waals surface area (Å²) in [4.78, 5) is 0.